The highest BCUT2D eigenvalue weighted by Crippen LogP contribution is 2.05. The van der Waals surface area contributed by atoms with E-state index in [9.17, 15) is 0 Å². The lowest BCUT2D eigenvalue weighted by Crippen LogP contribution is -2.06. The van der Waals surface area contributed by atoms with Crippen LogP contribution in [0.15, 0.2) is 18.3 Å². The fraction of sp³-hybridized carbons (Fsp3) is 0.333. The summed E-state index contributed by atoms with van der Waals surface area (Å²) in [6.07, 6.45) is 2.65. The number of imidazole rings is 1. The minimum atomic E-state index is 0.628. The van der Waals surface area contributed by atoms with Gasteiger partial charge in [0, 0.05) is 6.42 Å². The standard InChI is InChI=1S/C9H12N4/c1-7-2-3-9-11-6-8(4-5-10)13(9)12-7/h2-3,6H,4-5,10H2,1H3. The van der Waals surface area contributed by atoms with Gasteiger partial charge in [-0.3, -0.25) is 0 Å². The van der Waals surface area contributed by atoms with Crippen LogP contribution in [0.1, 0.15) is 11.4 Å². The Labute approximate surface area is 76.4 Å². The molecule has 68 valence electrons. The number of aryl methyl sites for hydroxylation is 1. The molecule has 0 fully saturated rings. The van der Waals surface area contributed by atoms with E-state index in [0.717, 1.165) is 23.5 Å². The van der Waals surface area contributed by atoms with Gasteiger partial charge in [-0.2, -0.15) is 5.10 Å². The summed E-state index contributed by atoms with van der Waals surface area (Å²) in [5, 5.41) is 4.35. The second-order valence-corrected chi connectivity index (χ2v) is 3.03. The normalized spacial score (nSPS) is 10.9. The second-order valence-electron chi connectivity index (χ2n) is 3.03. The molecule has 4 nitrogen and oxygen atoms in total. The lowest BCUT2D eigenvalue weighted by Gasteiger charge is -1.98. The fourth-order valence-corrected chi connectivity index (χ4v) is 1.33. The van der Waals surface area contributed by atoms with Crippen molar-refractivity contribution in [2.75, 3.05) is 6.54 Å². The summed E-state index contributed by atoms with van der Waals surface area (Å²) in [4.78, 5) is 4.22. The maximum absolute atomic E-state index is 5.48. The van der Waals surface area contributed by atoms with Crippen molar-refractivity contribution in [3.05, 3.63) is 29.7 Å². The monoisotopic (exact) mass is 176 g/mol. The molecule has 13 heavy (non-hydrogen) atoms. The Bertz CT molecular complexity index is 418. The van der Waals surface area contributed by atoms with Crippen molar-refractivity contribution < 1.29 is 0 Å². The Balaban J connectivity index is 2.58. The zero-order valence-electron chi connectivity index (χ0n) is 7.57. The van der Waals surface area contributed by atoms with Gasteiger partial charge in [-0.25, -0.2) is 9.50 Å². The molecule has 2 heterocycles. The molecule has 2 rings (SSSR count). The Morgan fingerprint density at radius 3 is 3.08 bits per heavy atom. The van der Waals surface area contributed by atoms with Crippen LogP contribution in [0.2, 0.25) is 0 Å². The minimum absolute atomic E-state index is 0.628. The Hall–Kier alpha value is -1.42. The van der Waals surface area contributed by atoms with Crippen molar-refractivity contribution >= 4 is 5.65 Å². The van der Waals surface area contributed by atoms with Crippen LogP contribution in [0.5, 0.6) is 0 Å². The minimum Gasteiger partial charge on any atom is -0.330 e. The van der Waals surface area contributed by atoms with Crippen LogP contribution in [0.25, 0.3) is 5.65 Å². The van der Waals surface area contributed by atoms with E-state index in [0.29, 0.717) is 6.54 Å². The Kier molecular flexibility index (Phi) is 1.98. The van der Waals surface area contributed by atoms with Gasteiger partial charge in [-0.15, -0.1) is 0 Å². The number of nitrogens with zero attached hydrogens (tertiary/aromatic N) is 3. The van der Waals surface area contributed by atoms with Crippen LogP contribution >= 0.6 is 0 Å². The Morgan fingerprint density at radius 2 is 2.31 bits per heavy atom. The van der Waals surface area contributed by atoms with Gasteiger partial charge >= 0.3 is 0 Å². The molecular formula is C9H12N4. The molecule has 0 aliphatic carbocycles. The fourth-order valence-electron chi connectivity index (χ4n) is 1.33. The van der Waals surface area contributed by atoms with E-state index in [1.807, 2.05) is 29.8 Å². The molecule has 0 aromatic carbocycles. The van der Waals surface area contributed by atoms with Gasteiger partial charge in [0.15, 0.2) is 5.65 Å². The topological polar surface area (TPSA) is 56.2 Å². The van der Waals surface area contributed by atoms with Crippen LogP contribution in [0.4, 0.5) is 0 Å². The molecule has 0 atom stereocenters. The predicted molar refractivity (Wildman–Crippen MR) is 50.5 cm³/mol. The summed E-state index contributed by atoms with van der Waals surface area (Å²) in [5.74, 6) is 0. The highest BCUT2D eigenvalue weighted by molar-refractivity contribution is 5.38. The van der Waals surface area contributed by atoms with E-state index < -0.39 is 0 Å². The van der Waals surface area contributed by atoms with Crippen LogP contribution in [0, 0.1) is 6.92 Å². The molecular weight excluding hydrogens is 164 g/mol. The number of hydrogen-bond acceptors (Lipinski definition) is 3. The molecule has 0 spiro atoms. The van der Waals surface area contributed by atoms with Gasteiger partial charge in [-0.05, 0) is 25.6 Å². The molecule has 0 radical (unpaired) electrons. The molecule has 2 aromatic heterocycles. The van der Waals surface area contributed by atoms with Crippen molar-refractivity contribution in [2.24, 2.45) is 5.73 Å². The van der Waals surface area contributed by atoms with E-state index in [1.54, 1.807) is 0 Å². The summed E-state index contributed by atoms with van der Waals surface area (Å²) in [7, 11) is 0. The summed E-state index contributed by atoms with van der Waals surface area (Å²) in [6.45, 7) is 2.59. The summed E-state index contributed by atoms with van der Waals surface area (Å²) in [5.41, 5.74) is 8.42. The summed E-state index contributed by atoms with van der Waals surface area (Å²) in [6, 6.07) is 3.91. The maximum Gasteiger partial charge on any atom is 0.153 e. The van der Waals surface area contributed by atoms with Gasteiger partial charge in [-0.1, -0.05) is 0 Å². The van der Waals surface area contributed by atoms with E-state index in [-0.39, 0.29) is 0 Å². The highest BCUT2D eigenvalue weighted by atomic mass is 15.3. The SMILES string of the molecule is Cc1ccc2ncc(CCN)n2n1. The van der Waals surface area contributed by atoms with Gasteiger partial charge < -0.3 is 5.73 Å². The third-order valence-electron chi connectivity index (χ3n) is 1.97. The van der Waals surface area contributed by atoms with E-state index in [4.69, 9.17) is 5.73 Å². The first-order chi connectivity index (χ1) is 6.31. The number of rotatable bonds is 2. The first kappa shape index (κ1) is 8.19. The second kappa shape index (κ2) is 3.14. The number of hydrogen-bond donors (Lipinski definition) is 1. The molecule has 2 N–H and O–H groups in total. The van der Waals surface area contributed by atoms with Crippen LogP contribution in [-0.4, -0.2) is 21.1 Å². The predicted octanol–water partition coefficient (Wildman–Crippen LogP) is 0.539. The first-order valence-electron chi connectivity index (χ1n) is 4.31. The lowest BCUT2D eigenvalue weighted by molar-refractivity contribution is 0.811. The number of nitrogens with two attached hydrogens (primary N) is 1. The van der Waals surface area contributed by atoms with E-state index in [2.05, 4.69) is 10.1 Å². The van der Waals surface area contributed by atoms with Gasteiger partial charge in [0.25, 0.3) is 0 Å². The van der Waals surface area contributed by atoms with Crippen molar-refractivity contribution in [1.29, 1.82) is 0 Å². The molecule has 2 aromatic rings. The summed E-state index contributed by atoms with van der Waals surface area (Å²) >= 11 is 0. The molecule has 0 aliphatic heterocycles. The van der Waals surface area contributed by atoms with Gasteiger partial charge in [0.05, 0.1) is 17.6 Å². The molecule has 0 saturated carbocycles. The summed E-state index contributed by atoms with van der Waals surface area (Å²) < 4.78 is 1.85. The molecule has 4 heteroatoms. The molecule has 0 bridgehead atoms. The zero-order chi connectivity index (χ0) is 9.26. The smallest absolute Gasteiger partial charge is 0.153 e. The van der Waals surface area contributed by atoms with Crippen molar-refractivity contribution in [1.82, 2.24) is 14.6 Å². The molecule has 0 aliphatic rings. The van der Waals surface area contributed by atoms with Crippen molar-refractivity contribution in [3.63, 3.8) is 0 Å². The van der Waals surface area contributed by atoms with Crippen LogP contribution in [0.3, 0.4) is 0 Å². The average Bonchev–Trinajstić information content (AvgIpc) is 2.49. The molecule has 0 saturated heterocycles. The molecule has 0 unspecified atom stereocenters. The first-order valence-corrected chi connectivity index (χ1v) is 4.31. The Morgan fingerprint density at radius 1 is 1.46 bits per heavy atom. The quantitative estimate of drug-likeness (QED) is 0.726. The largest absolute Gasteiger partial charge is 0.330 e. The lowest BCUT2D eigenvalue weighted by atomic mass is 10.3. The zero-order valence-corrected chi connectivity index (χ0v) is 7.57. The van der Waals surface area contributed by atoms with E-state index >= 15 is 0 Å². The average molecular weight is 176 g/mol. The van der Waals surface area contributed by atoms with E-state index in [1.165, 1.54) is 0 Å². The third kappa shape index (κ3) is 1.40. The highest BCUT2D eigenvalue weighted by Gasteiger charge is 2.02. The van der Waals surface area contributed by atoms with Crippen molar-refractivity contribution in [2.45, 2.75) is 13.3 Å². The van der Waals surface area contributed by atoms with Crippen LogP contribution in [-0.2, 0) is 6.42 Å². The number of aromatic nitrogens is 3. The third-order valence-corrected chi connectivity index (χ3v) is 1.97. The van der Waals surface area contributed by atoms with Gasteiger partial charge in [0.1, 0.15) is 0 Å². The van der Waals surface area contributed by atoms with Crippen LogP contribution < -0.4 is 5.73 Å². The number of fused-ring (bicyclic) bond motifs is 1. The maximum atomic E-state index is 5.48. The van der Waals surface area contributed by atoms with Gasteiger partial charge in [0.2, 0.25) is 0 Å². The van der Waals surface area contributed by atoms with Crippen molar-refractivity contribution in [3.8, 4) is 0 Å². The molecule has 0 amide bonds.